The van der Waals surface area contributed by atoms with Crippen LogP contribution in [0.4, 0.5) is 10.1 Å². The number of benzene rings is 2. The fourth-order valence-corrected chi connectivity index (χ4v) is 3.47. The lowest BCUT2D eigenvalue weighted by atomic mass is 9.88. The fourth-order valence-electron chi connectivity index (χ4n) is 3.11. The summed E-state index contributed by atoms with van der Waals surface area (Å²) in [5.41, 5.74) is -0.631. The van der Waals surface area contributed by atoms with Crippen LogP contribution < -0.4 is 4.90 Å². The Kier molecular flexibility index (Phi) is 4.75. The quantitative estimate of drug-likeness (QED) is 0.769. The molecule has 1 heterocycles. The molecule has 1 aliphatic heterocycles. The summed E-state index contributed by atoms with van der Waals surface area (Å²) in [5.74, 6) is -1.37. The fraction of sp³-hybridized carbons (Fsp3) is 0.263. The number of hydrogen-bond acceptors (Lipinski definition) is 3. The minimum atomic E-state index is -1.92. The lowest BCUT2D eigenvalue weighted by Gasteiger charge is -2.22. The maximum atomic E-state index is 13.0. The SMILES string of the molecule is CCCN1C(=O)[C@](O)(CC(=O)c2ccc(F)cc2)c2cc(Br)ccc21. The largest absolute Gasteiger partial charge is 0.375 e. The van der Waals surface area contributed by atoms with E-state index in [1.807, 2.05) is 6.92 Å². The van der Waals surface area contributed by atoms with Gasteiger partial charge in [-0.15, -0.1) is 0 Å². The van der Waals surface area contributed by atoms with E-state index in [1.165, 1.54) is 29.2 Å². The Bertz CT molecular complexity index is 837. The van der Waals surface area contributed by atoms with Crippen LogP contribution in [0.15, 0.2) is 46.9 Å². The molecule has 4 nitrogen and oxygen atoms in total. The predicted octanol–water partition coefficient (Wildman–Crippen LogP) is 3.81. The van der Waals surface area contributed by atoms with Crippen LogP contribution >= 0.6 is 15.9 Å². The number of nitrogens with zero attached hydrogens (tertiary/aromatic N) is 1. The van der Waals surface area contributed by atoms with Gasteiger partial charge in [-0.3, -0.25) is 9.59 Å². The molecule has 2 aromatic rings. The summed E-state index contributed by atoms with van der Waals surface area (Å²) in [5, 5.41) is 11.1. The molecule has 0 aromatic heterocycles. The molecule has 3 rings (SSSR count). The first-order valence-electron chi connectivity index (χ1n) is 8.00. The molecule has 2 aromatic carbocycles. The van der Waals surface area contributed by atoms with Crippen LogP contribution in [0.25, 0.3) is 0 Å². The summed E-state index contributed by atoms with van der Waals surface area (Å²) in [7, 11) is 0. The van der Waals surface area contributed by atoms with Crippen LogP contribution in [0.1, 0.15) is 35.7 Å². The van der Waals surface area contributed by atoms with E-state index >= 15 is 0 Å². The molecule has 0 fully saturated rings. The standard InChI is InChI=1S/C19H17BrFNO3/c1-2-9-22-16-8-5-13(20)10-15(16)19(25,18(22)24)11-17(23)12-3-6-14(21)7-4-12/h3-8,10,25H,2,9,11H2,1H3/t19-/m0/s1. The molecule has 0 unspecified atom stereocenters. The number of amides is 1. The highest BCUT2D eigenvalue weighted by molar-refractivity contribution is 9.10. The predicted molar refractivity (Wildman–Crippen MR) is 96.0 cm³/mol. The van der Waals surface area contributed by atoms with Crippen molar-refractivity contribution >= 4 is 33.3 Å². The number of fused-ring (bicyclic) bond motifs is 1. The molecular weight excluding hydrogens is 389 g/mol. The van der Waals surface area contributed by atoms with Crippen molar-refractivity contribution in [3.05, 3.63) is 63.9 Å². The van der Waals surface area contributed by atoms with Gasteiger partial charge in [0.15, 0.2) is 11.4 Å². The van der Waals surface area contributed by atoms with E-state index in [9.17, 15) is 19.1 Å². The van der Waals surface area contributed by atoms with E-state index in [1.54, 1.807) is 18.2 Å². The van der Waals surface area contributed by atoms with Crippen molar-refractivity contribution in [2.45, 2.75) is 25.4 Å². The highest BCUT2D eigenvalue weighted by Gasteiger charge is 2.50. The first kappa shape index (κ1) is 17.8. The minimum absolute atomic E-state index is 0.258. The number of Topliss-reactive ketones (excluding diaryl/α,β-unsaturated/α-hetero) is 1. The van der Waals surface area contributed by atoms with E-state index in [2.05, 4.69) is 15.9 Å². The first-order valence-corrected chi connectivity index (χ1v) is 8.79. The van der Waals surface area contributed by atoms with Gasteiger partial charge in [0.2, 0.25) is 0 Å². The van der Waals surface area contributed by atoms with Crippen LogP contribution in [0.3, 0.4) is 0 Å². The monoisotopic (exact) mass is 405 g/mol. The Morgan fingerprint density at radius 1 is 1.24 bits per heavy atom. The van der Waals surface area contributed by atoms with Gasteiger partial charge in [-0.2, -0.15) is 0 Å². The van der Waals surface area contributed by atoms with E-state index in [4.69, 9.17) is 0 Å². The van der Waals surface area contributed by atoms with Crippen molar-refractivity contribution in [3.8, 4) is 0 Å². The smallest absolute Gasteiger partial charge is 0.264 e. The number of carbonyl (C=O) groups is 2. The lowest BCUT2D eigenvalue weighted by molar-refractivity contribution is -0.135. The summed E-state index contributed by atoms with van der Waals surface area (Å²) >= 11 is 3.35. The molecule has 130 valence electrons. The Morgan fingerprint density at radius 3 is 2.56 bits per heavy atom. The van der Waals surface area contributed by atoms with Gasteiger partial charge in [-0.05, 0) is 48.9 Å². The maximum Gasteiger partial charge on any atom is 0.264 e. The van der Waals surface area contributed by atoms with Gasteiger partial charge in [0, 0.05) is 22.1 Å². The molecule has 0 saturated carbocycles. The molecule has 0 spiro atoms. The highest BCUT2D eigenvalue weighted by atomic mass is 79.9. The van der Waals surface area contributed by atoms with Crippen LogP contribution in [-0.4, -0.2) is 23.3 Å². The van der Waals surface area contributed by atoms with Crippen LogP contribution in [-0.2, 0) is 10.4 Å². The second-order valence-corrected chi connectivity index (χ2v) is 7.00. The number of ketones is 1. The van der Waals surface area contributed by atoms with Gasteiger partial charge in [0.05, 0.1) is 12.1 Å². The maximum absolute atomic E-state index is 13.0. The van der Waals surface area contributed by atoms with Crippen LogP contribution in [0, 0.1) is 5.82 Å². The van der Waals surface area contributed by atoms with Gasteiger partial charge < -0.3 is 10.0 Å². The summed E-state index contributed by atoms with van der Waals surface area (Å²) in [4.78, 5) is 26.9. The molecule has 0 saturated heterocycles. The summed E-state index contributed by atoms with van der Waals surface area (Å²) in [6.07, 6.45) is 0.338. The van der Waals surface area contributed by atoms with E-state index in [0.717, 1.165) is 6.42 Å². The van der Waals surface area contributed by atoms with Gasteiger partial charge in [-0.1, -0.05) is 22.9 Å². The number of aliphatic hydroxyl groups is 1. The van der Waals surface area contributed by atoms with Gasteiger partial charge in [0.25, 0.3) is 5.91 Å². The second-order valence-electron chi connectivity index (χ2n) is 6.09. The van der Waals surface area contributed by atoms with Crippen LogP contribution in [0.2, 0.25) is 0 Å². The van der Waals surface area contributed by atoms with Gasteiger partial charge in [0.1, 0.15) is 5.82 Å². The number of carbonyl (C=O) groups excluding carboxylic acids is 2. The zero-order valence-electron chi connectivity index (χ0n) is 13.6. The highest BCUT2D eigenvalue weighted by Crippen LogP contribution is 2.44. The van der Waals surface area contributed by atoms with Gasteiger partial charge >= 0.3 is 0 Å². The Hall–Kier alpha value is -2.05. The Labute approximate surface area is 153 Å². The average molecular weight is 406 g/mol. The Morgan fingerprint density at radius 2 is 1.92 bits per heavy atom. The molecule has 1 N–H and O–H groups in total. The van der Waals surface area contributed by atoms with Crippen LogP contribution in [0.5, 0.6) is 0 Å². The number of halogens is 2. The van der Waals surface area contributed by atoms with Crippen molar-refractivity contribution in [2.75, 3.05) is 11.4 Å². The topological polar surface area (TPSA) is 57.6 Å². The number of rotatable bonds is 5. The van der Waals surface area contributed by atoms with Crippen molar-refractivity contribution in [3.63, 3.8) is 0 Å². The summed E-state index contributed by atoms with van der Waals surface area (Å²) < 4.78 is 13.8. The van der Waals surface area contributed by atoms with E-state index in [-0.39, 0.29) is 12.0 Å². The molecule has 0 radical (unpaired) electrons. The molecule has 25 heavy (non-hydrogen) atoms. The normalized spacial score (nSPS) is 19.2. The summed E-state index contributed by atoms with van der Waals surface area (Å²) in [6.45, 7) is 2.40. The van der Waals surface area contributed by atoms with E-state index < -0.39 is 23.1 Å². The van der Waals surface area contributed by atoms with E-state index in [0.29, 0.717) is 22.3 Å². The van der Waals surface area contributed by atoms with Gasteiger partial charge in [-0.25, -0.2) is 4.39 Å². The molecule has 0 bridgehead atoms. The lowest BCUT2D eigenvalue weighted by Crippen LogP contribution is -2.42. The molecular formula is C19H17BrFNO3. The molecule has 1 atom stereocenters. The van der Waals surface area contributed by atoms with Crippen molar-refractivity contribution in [2.24, 2.45) is 0 Å². The number of anilines is 1. The third-order valence-corrected chi connectivity index (χ3v) is 4.82. The minimum Gasteiger partial charge on any atom is -0.375 e. The van der Waals surface area contributed by atoms with Crippen molar-refractivity contribution in [1.29, 1.82) is 0 Å². The van der Waals surface area contributed by atoms with Crippen molar-refractivity contribution in [1.82, 2.24) is 0 Å². The first-order chi connectivity index (χ1) is 11.9. The molecule has 1 aliphatic rings. The molecule has 1 amide bonds. The second kappa shape index (κ2) is 6.69. The summed E-state index contributed by atoms with van der Waals surface area (Å²) in [6, 6.07) is 10.3. The third kappa shape index (κ3) is 3.12. The Balaban J connectivity index is 1.99. The molecule has 0 aliphatic carbocycles. The zero-order chi connectivity index (χ0) is 18.2. The van der Waals surface area contributed by atoms with Crippen molar-refractivity contribution < 1.29 is 19.1 Å². The average Bonchev–Trinajstić information content (AvgIpc) is 2.77. The third-order valence-electron chi connectivity index (χ3n) is 4.32. The molecule has 6 heteroatoms. The number of hydrogen-bond donors (Lipinski definition) is 1. The zero-order valence-corrected chi connectivity index (χ0v) is 15.2.